The number of hydrogen-bond acceptors (Lipinski definition) is 12. The average molecular weight is 784 g/mol. The normalized spacial score (nSPS) is 25.1. The van der Waals surface area contributed by atoms with Gasteiger partial charge in [-0.1, -0.05) is 12.1 Å². The van der Waals surface area contributed by atoms with Crippen molar-refractivity contribution in [1.82, 2.24) is 30.2 Å². The van der Waals surface area contributed by atoms with Crippen LogP contribution in [-0.4, -0.2) is 136 Å². The van der Waals surface area contributed by atoms with Gasteiger partial charge in [-0.05, 0) is 75.2 Å². The Morgan fingerprint density at radius 1 is 0.877 bits per heavy atom. The maximum Gasteiger partial charge on any atom is 0.269 e. The first-order chi connectivity index (χ1) is 27.4. The molecule has 15 nitrogen and oxygen atoms in total. The fourth-order valence-corrected chi connectivity index (χ4v) is 9.33. The molecular weight excluding hydrogens is 740 g/mol. The zero-order valence-electron chi connectivity index (χ0n) is 31.2. The van der Waals surface area contributed by atoms with Gasteiger partial charge in [0.05, 0.1) is 35.1 Å². The van der Waals surface area contributed by atoms with E-state index in [4.69, 9.17) is 0 Å². The molecular formula is C40H43F2N9O6. The molecule has 4 fully saturated rings. The summed E-state index contributed by atoms with van der Waals surface area (Å²) in [4.78, 5) is 72.9. The molecule has 3 aromatic rings. The number of piperazine rings is 1. The van der Waals surface area contributed by atoms with E-state index >= 15 is 8.78 Å². The lowest BCUT2D eigenvalue weighted by molar-refractivity contribution is -0.138. The number of rotatable bonds is 6. The number of nitrogens with one attached hydrogen (secondary N) is 2. The maximum atomic E-state index is 15.8. The second-order valence-corrected chi connectivity index (χ2v) is 15.9. The van der Waals surface area contributed by atoms with Crippen LogP contribution in [0.3, 0.4) is 0 Å². The molecule has 7 heterocycles. The molecule has 9 rings (SSSR count). The summed E-state index contributed by atoms with van der Waals surface area (Å²) in [6, 6.07) is 12.3. The van der Waals surface area contributed by atoms with Crippen molar-refractivity contribution in [2.75, 3.05) is 74.0 Å². The Morgan fingerprint density at radius 2 is 1.67 bits per heavy atom. The Bertz CT molecular complexity index is 2160. The highest BCUT2D eigenvalue weighted by molar-refractivity contribution is 6.23. The van der Waals surface area contributed by atoms with E-state index in [-0.39, 0.29) is 60.6 Å². The minimum Gasteiger partial charge on any atom is -0.507 e. The second kappa shape index (κ2) is 14.3. The lowest BCUT2D eigenvalue weighted by Crippen LogP contribution is -2.60. The van der Waals surface area contributed by atoms with E-state index < -0.39 is 48.1 Å². The van der Waals surface area contributed by atoms with E-state index in [1.165, 1.54) is 17.0 Å². The Morgan fingerprint density at radius 3 is 2.44 bits per heavy atom. The molecule has 4 saturated heterocycles. The lowest BCUT2D eigenvalue weighted by Gasteiger charge is -2.47. The summed E-state index contributed by atoms with van der Waals surface area (Å²) < 4.78 is 31.6. The van der Waals surface area contributed by atoms with Gasteiger partial charge in [-0.15, -0.1) is 10.2 Å². The molecule has 0 radical (unpaired) electrons. The minimum atomic E-state index is -3.03. The summed E-state index contributed by atoms with van der Waals surface area (Å²) in [5.74, 6) is -5.66. The second-order valence-electron chi connectivity index (χ2n) is 15.9. The highest BCUT2D eigenvalue weighted by Gasteiger charge is 2.48. The summed E-state index contributed by atoms with van der Waals surface area (Å²) >= 11 is 0. The first kappa shape index (κ1) is 36.9. The summed E-state index contributed by atoms with van der Waals surface area (Å²) in [6.07, 6.45) is 1.47. The van der Waals surface area contributed by atoms with Crippen LogP contribution in [0.15, 0.2) is 48.5 Å². The zero-order chi connectivity index (χ0) is 39.6. The smallest absolute Gasteiger partial charge is 0.269 e. The van der Waals surface area contributed by atoms with Crippen LogP contribution in [0, 0.1) is 11.8 Å². The van der Waals surface area contributed by atoms with Crippen molar-refractivity contribution in [3.05, 3.63) is 59.7 Å². The number of imide groups is 2. The van der Waals surface area contributed by atoms with Crippen LogP contribution in [-0.2, 0) is 14.4 Å². The fourth-order valence-electron chi connectivity index (χ4n) is 9.33. The molecule has 57 heavy (non-hydrogen) atoms. The van der Waals surface area contributed by atoms with Crippen LogP contribution in [0.5, 0.6) is 5.75 Å². The summed E-state index contributed by atoms with van der Waals surface area (Å²) in [5.41, 5.74) is 2.62. The number of phenols is 1. The van der Waals surface area contributed by atoms with Gasteiger partial charge in [0.2, 0.25) is 17.7 Å². The van der Waals surface area contributed by atoms with Gasteiger partial charge in [0.15, 0.2) is 5.82 Å². The van der Waals surface area contributed by atoms with Crippen LogP contribution in [0.2, 0.25) is 0 Å². The number of phenolic OH excluding ortho intramolecular Hbond substituents is 1. The first-order valence-corrected chi connectivity index (χ1v) is 19.6. The number of benzene rings is 2. The third kappa shape index (κ3) is 6.70. The molecule has 2 unspecified atom stereocenters. The maximum absolute atomic E-state index is 15.8. The van der Waals surface area contributed by atoms with Crippen LogP contribution in [0.4, 0.5) is 26.0 Å². The van der Waals surface area contributed by atoms with Gasteiger partial charge >= 0.3 is 0 Å². The van der Waals surface area contributed by atoms with E-state index in [0.29, 0.717) is 81.4 Å². The average Bonchev–Trinajstić information content (AvgIpc) is 3.46. The number of nitrogens with zero attached hydrogens (tertiary/aromatic N) is 7. The molecule has 6 aliphatic heterocycles. The molecule has 298 valence electrons. The first-order valence-electron chi connectivity index (χ1n) is 19.6. The van der Waals surface area contributed by atoms with Crippen molar-refractivity contribution in [1.29, 1.82) is 0 Å². The van der Waals surface area contributed by atoms with Crippen molar-refractivity contribution in [3.63, 3.8) is 0 Å². The molecule has 5 amide bonds. The van der Waals surface area contributed by atoms with E-state index in [1.807, 2.05) is 21.9 Å². The van der Waals surface area contributed by atoms with E-state index in [0.717, 1.165) is 10.6 Å². The van der Waals surface area contributed by atoms with Crippen molar-refractivity contribution >= 4 is 46.7 Å². The van der Waals surface area contributed by atoms with Crippen LogP contribution < -0.4 is 20.4 Å². The Balaban J connectivity index is 0.774. The summed E-state index contributed by atoms with van der Waals surface area (Å²) in [6.45, 7) is 3.48. The SMILES string of the molecule is O=C1CCC(N2C(=O)c3ccc(N4CCC(CN5CCC(C(=O)N6CCN7c8cc(-c9ccccc9O)nnc8NC[C@H]7C6)CC5)C(F)(F)C4)cc3C2=O)C(=O)N1. The third-order valence-corrected chi connectivity index (χ3v) is 12.5. The summed E-state index contributed by atoms with van der Waals surface area (Å²) in [5, 5.41) is 24.6. The van der Waals surface area contributed by atoms with Crippen molar-refractivity contribution in [2.24, 2.45) is 11.8 Å². The van der Waals surface area contributed by atoms with Gasteiger partial charge < -0.3 is 30.0 Å². The largest absolute Gasteiger partial charge is 0.507 e. The summed E-state index contributed by atoms with van der Waals surface area (Å²) in [7, 11) is 0. The number of likely N-dealkylation sites (tertiary alicyclic amines) is 1. The number of hydrogen-bond donors (Lipinski definition) is 3. The van der Waals surface area contributed by atoms with E-state index in [2.05, 4.69) is 25.7 Å². The molecule has 0 bridgehead atoms. The van der Waals surface area contributed by atoms with Gasteiger partial charge in [-0.2, -0.15) is 0 Å². The number of carbonyl (C=O) groups excluding carboxylic acids is 5. The van der Waals surface area contributed by atoms with Gasteiger partial charge in [0.1, 0.15) is 11.8 Å². The van der Waals surface area contributed by atoms with Crippen LogP contribution >= 0.6 is 0 Å². The van der Waals surface area contributed by atoms with Crippen molar-refractivity contribution in [3.8, 4) is 17.0 Å². The van der Waals surface area contributed by atoms with Gasteiger partial charge in [-0.25, -0.2) is 8.78 Å². The molecule has 3 N–H and O–H groups in total. The highest BCUT2D eigenvalue weighted by Crippen LogP contribution is 2.39. The number of para-hydroxylation sites is 1. The Hall–Kier alpha value is -5.71. The van der Waals surface area contributed by atoms with Gasteiger partial charge in [0, 0.05) is 68.8 Å². The number of halogens is 2. The molecule has 17 heteroatoms. The quantitative estimate of drug-likeness (QED) is 0.313. The van der Waals surface area contributed by atoms with Crippen LogP contribution in [0.25, 0.3) is 11.3 Å². The minimum absolute atomic E-state index is 0.00398. The Labute approximate surface area is 327 Å². The predicted octanol–water partition coefficient (Wildman–Crippen LogP) is 2.57. The van der Waals surface area contributed by atoms with Gasteiger partial charge in [-0.3, -0.25) is 34.2 Å². The predicted molar refractivity (Wildman–Crippen MR) is 203 cm³/mol. The number of aromatic hydroxyl groups is 1. The van der Waals surface area contributed by atoms with Crippen LogP contribution in [0.1, 0.15) is 52.8 Å². The number of alkyl halides is 2. The van der Waals surface area contributed by atoms with E-state index in [9.17, 15) is 29.1 Å². The monoisotopic (exact) mass is 783 g/mol. The number of amides is 5. The molecule has 0 spiro atoms. The number of carbonyl (C=O) groups is 5. The standard InChI is InChI=1S/C40H43F2N9O6/c41-40(42)22-49(25-5-6-27-29(17-25)39(57)51(38(27)56)31-7-8-34(53)44-36(31)54)14-11-24(40)20-47-12-9-23(10-13-47)37(55)48-15-16-50-26(21-48)19-43-35-32(50)18-30(45-46-35)28-3-1-2-4-33(28)52/h1-6,17-18,23-24,26,31,52H,7-16,19-22H2,(H,43,46)(H,44,53,54)/t24?,26-,31?/m0/s1. The zero-order valence-corrected chi connectivity index (χ0v) is 31.2. The third-order valence-electron chi connectivity index (χ3n) is 12.5. The molecule has 0 aliphatic carbocycles. The van der Waals surface area contributed by atoms with E-state index in [1.54, 1.807) is 24.3 Å². The molecule has 1 aromatic heterocycles. The molecule has 0 saturated carbocycles. The number of anilines is 3. The molecule has 2 aromatic carbocycles. The Kier molecular flexibility index (Phi) is 9.29. The number of aromatic nitrogens is 2. The van der Waals surface area contributed by atoms with Crippen molar-refractivity contribution < 1.29 is 37.9 Å². The topological polar surface area (TPSA) is 172 Å². The molecule has 3 atom stereocenters. The number of fused-ring (bicyclic) bond motifs is 4. The van der Waals surface area contributed by atoms with Crippen molar-refractivity contribution in [2.45, 2.75) is 50.1 Å². The lowest BCUT2D eigenvalue weighted by atomic mass is 9.89. The highest BCUT2D eigenvalue weighted by atomic mass is 19.3. The fraction of sp³-hybridized carbons (Fsp3) is 0.475. The number of piperidine rings is 3. The van der Waals surface area contributed by atoms with Gasteiger partial charge in [0.25, 0.3) is 17.7 Å². The molecule has 6 aliphatic rings.